The predicted molar refractivity (Wildman–Crippen MR) is 110 cm³/mol. The minimum absolute atomic E-state index is 0.0106. The van der Waals surface area contributed by atoms with Crippen molar-refractivity contribution in [3.05, 3.63) is 52.9 Å². The first-order valence-electron chi connectivity index (χ1n) is 10.2. The third-order valence-electron chi connectivity index (χ3n) is 5.45. The van der Waals surface area contributed by atoms with Crippen molar-refractivity contribution in [2.45, 2.75) is 70.9 Å². The molecule has 29 heavy (non-hydrogen) atoms. The summed E-state index contributed by atoms with van der Waals surface area (Å²) >= 11 is 0. The number of hydrogen-bond donors (Lipinski definition) is 1. The Kier molecular flexibility index (Phi) is 6.22. The van der Waals surface area contributed by atoms with Gasteiger partial charge < -0.3 is 14.5 Å². The van der Waals surface area contributed by atoms with Crippen LogP contribution in [0.4, 0.5) is 0 Å². The second-order valence-corrected chi connectivity index (χ2v) is 8.98. The normalized spacial score (nSPS) is 19.6. The summed E-state index contributed by atoms with van der Waals surface area (Å²) in [6.45, 7) is 8.48. The van der Waals surface area contributed by atoms with E-state index in [0.29, 0.717) is 30.7 Å². The van der Waals surface area contributed by atoms with Gasteiger partial charge in [0.05, 0.1) is 24.3 Å². The highest BCUT2D eigenvalue weighted by molar-refractivity contribution is 5.90. The maximum Gasteiger partial charge on any atom is 0.231 e. The molecule has 1 fully saturated rings. The summed E-state index contributed by atoms with van der Waals surface area (Å²) < 4.78 is 5.11. The number of nitrogens with zero attached hydrogens (tertiary/aromatic N) is 2. The predicted octanol–water partition coefficient (Wildman–Crippen LogP) is 2.99. The molecule has 6 heteroatoms. The Morgan fingerprint density at radius 3 is 2.52 bits per heavy atom. The van der Waals surface area contributed by atoms with Gasteiger partial charge in [-0.1, -0.05) is 50.2 Å². The maximum absolute atomic E-state index is 12.8. The van der Waals surface area contributed by atoms with E-state index in [9.17, 15) is 14.7 Å². The summed E-state index contributed by atoms with van der Waals surface area (Å²) in [6.07, 6.45) is 0.640. The van der Waals surface area contributed by atoms with E-state index in [4.69, 9.17) is 4.52 Å². The summed E-state index contributed by atoms with van der Waals surface area (Å²) in [5.41, 5.74) is 3.15. The average Bonchev–Trinajstić information content (AvgIpc) is 3.24. The van der Waals surface area contributed by atoms with Crippen LogP contribution in [-0.4, -0.2) is 45.5 Å². The van der Waals surface area contributed by atoms with Crippen LogP contribution in [0.3, 0.4) is 0 Å². The Morgan fingerprint density at radius 2 is 1.93 bits per heavy atom. The van der Waals surface area contributed by atoms with Crippen LogP contribution >= 0.6 is 0 Å². The monoisotopic (exact) mass is 398 g/mol. The van der Waals surface area contributed by atoms with E-state index in [1.807, 2.05) is 0 Å². The summed E-state index contributed by atoms with van der Waals surface area (Å²) in [5.74, 6) is 0.244. The molecule has 2 heterocycles. The number of Topliss-reactive ketones (excluding diaryl/α,β-unsaturated/α-hetero) is 1. The van der Waals surface area contributed by atoms with Crippen LogP contribution in [0.15, 0.2) is 34.9 Å². The molecule has 3 rings (SSSR count). The summed E-state index contributed by atoms with van der Waals surface area (Å²) in [6, 6.07) is 9.47. The van der Waals surface area contributed by atoms with Crippen molar-refractivity contribution < 1.29 is 19.2 Å². The molecule has 0 saturated carbocycles. The Hall–Kier alpha value is -2.47. The molecule has 0 aliphatic carbocycles. The van der Waals surface area contributed by atoms with E-state index in [0.717, 1.165) is 5.56 Å². The fourth-order valence-electron chi connectivity index (χ4n) is 3.75. The minimum atomic E-state index is -0.671. The van der Waals surface area contributed by atoms with Crippen LogP contribution in [-0.2, 0) is 27.8 Å². The quantitative estimate of drug-likeness (QED) is 0.809. The lowest BCUT2D eigenvalue weighted by atomic mass is 9.86. The molecular formula is C23H30N2O4. The van der Waals surface area contributed by atoms with Gasteiger partial charge in [0.2, 0.25) is 5.91 Å². The molecule has 1 N–H and O–H groups in total. The van der Waals surface area contributed by atoms with Crippen LogP contribution < -0.4 is 0 Å². The van der Waals surface area contributed by atoms with Crippen molar-refractivity contribution in [2.75, 3.05) is 6.54 Å². The standard InChI is InChI=1S/C23H30N2O4/c1-15-11-19(29-24-15)13-22(28)25-14-18(26)12-20(25)21(27)10-7-16-5-8-17(9-6-16)23(2,3)4/h5-6,8-9,11,18,20,26H,7,10,12-14H2,1-4H3/t18-,20+/m1/s1. The second-order valence-electron chi connectivity index (χ2n) is 8.98. The van der Waals surface area contributed by atoms with Gasteiger partial charge in [0.15, 0.2) is 5.78 Å². The molecule has 1 aromatic carbocycles. The highest BCUT2D eigenvalue weighted by atomic mass is 16.5. The van der Waals surface area contributed by atoms with Gasteiger partial charge in [0.1, 0.15) is 5.76 Å². The van der Waals surface area contributed by atoms with Crippen LogP contribution in [0.25, 0.3) is 0 Å². The molecule has 1 amide bonds. The highest BCUT2D eigenvalue weighted by Crippen LogP contribution is 2.24. The van der Waals surface area contributed by atoms with E-state index >= 15 is 0 Å². The maximum atomic E-state index is 12.8. The summed E-state index contributed by atoms with van der Waals surface area (Å²) in [4.78, 5) is 27.0. The molecule has 0 spiro atoms. The highest BCUT2D eigenvalue weighted by Gasteiger charge is 2.38. The molecular weight excluding hydrogens is 368 g/mol. The van der Waals surface area contributed by atoms with Gasteiger partial charge in [0.25, 0.3) is 0 Å². The number of aryl methyl sites for hydroxylation is 2. The van der Waals surface area contributed by atoms with E-state index in [1.54, 1.807) is 13.0 Å². The number of benzene rings is 1. The summed E-state index contributed by atoms with van der Waals surface area (Å²) in [7, 11) is 0. The van der Waals surface area contributed by atoms with Gasteiger partial charge in [-0.25, -0.2) is 0 Å². The molecule has 0 bridgehead atoms. The third kappa shape index (κ3) is 5.32. The van der Waals surface area contributed by atoms with E-state index in [-0.39, 0.29) is 30.1 Å². The number of likely N-dealkylation sites (tertiary alicyclic amines) is 1. The van der Waals surface area contributed by atoms with Crippen molar-refractivity contribution in [2.24, 2.45) is 0 Å². The van der Waals surface area contributed by atoms with Crippen LogP contribution in [0, 0.1) is 6.92 Å². The number of ketones is 1. The number of carbonyl (C=O) groups excluding carboxylic acids is 2. The molecule has 1 saturated heterocycles. The SMILES string of the molecule is Cc1cc(CC(=O)N2C[C@H](O)C[C@H]2C(=O)CCc2ccc(C(C)(C)C)cc2)on1. The molecule has 0 unspecified atom stereocenters. The second kappa shape index (κ2) is 8.49. The molecule has 1 aliphatic heterocycles. The molecule has 0 radical (unpaired) electrons. The number of amides is 1. The topological polar surface area (TPSA) is 83.6 Å². The van der Waals surface area contributed by atoms with Gasteiger partial charge in [0, 0.05) is 25.5 Å². The van der Waals surface area contributed by atoms with Crippen molar-refractivity contribution in [3.63, 3.8) is 0 Å². The number of aliphatic hydroxyl groups is 1. The molecule has 156 valence electrons. The first kappa shape index (κ1) is 21.2. The number of aromatic nitrogens is 1. The van der Waals surface area contributed by atoms with Gasteiger partial charge in [-0.05, 0) is 29.9 Å². The molecule has 2 atom stereocenters. The molecule has 1 aliphatic rings. The molecule has 2 aromatic rings. The van der Waals surface area contributed by atoms with Crippen LogP contribution in [0.2, 0.25) is 0 Å². The summed E-state index contributed by atoms with van der Waals surface area (Å²) in [5, 5.41) is 13.8. The smallest absolute Gasteiger partial charge is 0.231 e. The zero-order valence-corrected chi connectivity index (χ0v) is 17.6. The number of rotatable bonds is 6. The lowest BCUT2D eigenvalue weighted by Crippen LogP contribution is -2.41. The van der Waals surface area contributed by atoms with E-state index in [2.05, 4.69) is 50.2 Å². The van der Waals surface area contributed by atoms with Crippen molar-refractivity contribution in [1.29, 1.82) is 0 Å². The Morgan fingerprint density at radius 1 is 1.24 bits per heavy atom. The Labute approximate surface area is 171 Å². The average molecular weight is 399 g/mol. The Balaban J connectivity index is 1.60. The first-order valence-corrected chi connectivity index (χ1v) is 10.2. The molecule has 6 nitrogen and oxygen atoms in total. The zero-order valence-electron chi connectivity index (χ0n) is 17.6. The van der Waals surface area contributed by atoms with Gasteiger partial charge in [-0.3, -0.25) is 9.59 Å². The fraction of sp³-hybridized carbons (Fsp3) is 0.522. The van der Waals surface area contributed by atoms with Crippen molar-refractivity contribution >= 4 is 11.7 Å². The van der Waals surface area contributed by atoms with Gasteiger partial charge in [-0.15, -0.1) is 0 Å². The largest absolute Gasteiger partial charge is 0.391 e. The number of aliphatic hydroxyl groups excluding tert-OH is 1. The number of carbonyl (C=O) groups is 2. The Bertz CT molecular complexity index is 864. The van der Waals surface area contributed by atoms with Crippen molar-refractivity contribution in [1.82, 2.24) is 10.1 Å². The van der Waals surface area contributed by atoms with Gasteiger partial charge >= 0.3 is 0 Å². The van der Waals surface area contributed by atoms with E-state index < -0.39 is 12.1 Å². The van der Waals surface area contributed by atoms with Crippen LogP contribution in [0.5, 0.6) is 0 Å². The van der Waals surface area contributed by atoms with Crippen LogP contribution in [0.1, 0.15) is 56.2 Å². The van der Waals surface area contributed by atoms with Gasteiger partial charge in [-0.2, -0.15) is 0 Å². The number of hydrogen-bond acceptors (Lipinski definition) is 5. The first-order chi connectivity index (χ1) is 13.6. The third-order valence-corrected chi connectivity index (χ3v) is 5.45. The minimum Gasteiger partial charge on any atom is -0.391 e. The molecule has 1 aromatic heterocycles. The number of β-amino-alcohol motifs (C(OH)–C–C–N with tert-alkyl or cyclic N) is 1. The van der Waals surface area contributed by atoms with Crippen molar-refractivity contribution in [3.8, 4) is 0 Å². The lowest BCUT2D eigenvalue weighted by molar-refractivity contribution is -0.137. The lowest BCUT2D eigenvalue weighted by Gasteiger charge is -2.23. The van der Waals surface area contributed by atoms with E-state index in [1.165, 1.54) is 10.5 Å². The zero-order chi connectivity index (χ0) is 21.2. The fourth-order valence-corrected chi connectivity index (χ4v) is 3.75.